The van der Waals surface area contributed by atoms with Gasteiger partial charge in [-0.1, -0.05) is 0 Å². The van der Waals surface area contributed by atoms with E-state index in [4.69, 9.17) is 4.74 Å². The number of hydrogen-bond acceptors (Lipinski definition) is 4. The van der Waals surface area contributed by atoms with E-state index in [2.05, 4.69) is 31.1 Å². The predicted molar refractivity (Wildman–Crippen MR) is 75.7 cm³/mol. The molecule has 0 saturated heterocycles. The Balaban J connectivity index is 3.46. The van der Waals surface area contributed by atoms with Crippen molar-refractivity contribution >= 4 is 5.97 Å². The van der Waals surface area contributed by atoms with Gasteiger partial charge in [-0.3, -0.25) is 4.79 Å². The molecule has 0 amide bonds. The first kappa shape index (κ1) is 17.4. The Morgan fingerprint density at radius 2 is 1.94 bits per heavy atom. The molecule has 1 unspecified atom stereocenters. The molecule has 0 rings (SSSR count). The van der Waals surface area contributed by atoms with Gasteiger partial charge in [-0.15, -0.1) is 0 Å². The summed E-state index contributed by atoms with van der Waals surface area (Å²) in [5.74, 6) is -0.114. The van der Waals surface area contributed by atoms with Gasteiger partial charge in [0.15, 0.2) is 0 Å². The highest BCUT2D eigenvalue weighted by Crippen LogP contribution is 1.99. The third-order valence-corrected chi connectivity index (χ3v) is 3.09. The number of unbranched alkanes of at least 4 members (excludes halogenated alkanes) is 1. The molecular formula is C14H30N2O2. The molecule has 0 aliphatic carbocycles. The fraction of sp³-hybridized carbons (Fsp3) is 0.929. The molecule has 0 aliphatic heterocycles. The molecule has 0 spiro atoms. The second kappa shape index (κ2) is 10.3. The summed E-state index contributed by atoms with van der Waals surface area (Å²) in [5, 5.41) is 3.36. The second-order valence-electron chi connectivity index (χ2n) is 5.15. The maximum atomic E-state index is 11.2. The molecule has 4 heteroatoms. The van der Waals surface area contributed by atoms with Gasteiger partial charge < -0.3 is 15.0 Å². The molecule has 0 aromatic rings. The van der Waals surface area contributed by atoms with Crippen LogP contribution >= 0.6 is 0 Å². The standard InChI is InChI=1S/C14H30N2O2/c1-6-18-14(17)11-13(4)15-9-7-8-10-16(5)12(2)3/h12-13,15H,6-11H2,1-5H3. The molecule has 0 heterocycles. The summed E-state index contributed by atoms with van der Waals surface area (Å²) in [6.07, 6.45) is 2.79. The molecule has 18 heavy (non-hydrogen) atoms. The van der Waals surface area contributed by atoms with Gasteiger partial charge in [-0.25, -0.2) is 0 Å². The minimum atomic E-state index is -0.114. The van der Waals surface area contributed by atoms with Gasteiger partial charge in [0.1, 0.15) is 0 Å². The quantitative estimate of drug-likeness (QED) is 0.481. The lowest BCUT2D eigenvalue weighted by atomic mass is 10.2. The van der Waals surface area contributed by atoms with Crippen molar-refractivity contribution in [1.82, 2.24) is 10.2 Å². The third-order valence-electron chi connectivity index (χ3n) is 3.09. The Morgan fingerprint density at radius 1 is 1.28 bits per heavy atom. The number of esters is 1. The fourth-order valence-corrected chi connectivity index (χ4v) is 1.63. The summed E-state index contributed by atoms with van der Waals surface area (Å²) in [6.45, 7) is 10.8. The summed E-state index contributed by atoms with van der Waals surface area (Å²) in [4.78, 5) is 13.6. The monoisotopic (exact) mass is 258 g/mol. The Hall–Kier alpha value is -0.610. The molecule has 0 fully saturated rings. The van der Waals surface area contributed by atoms with E-state index in [1.807, 2.05) is 13.8 Å². The lowest BCUT2D eigenvalue weighted by molar-refractivity contribution is -0.143. The smallest absolute Gasteiger partial charge is 0.307 e. The average Bonchev–Trinajstić information content (AvgIpc) is 2.28. The van der Waals surface area contributed by atoms with Gasteiger partial charge in [0.2, 0.25) is 0 Å². The van der Waals surface area contributed by atoms with E-state index in [0.717, 1.165) is 19.5 Å². The molecule has 0 aromatic carbocycles. The summed E-state index contributed by atoms with van der Waals surface area (Å²) >= 11 is 0. The Morgan fingerprint density at radius 3 is 2.50 bits per heavy atom. The Labute approximate surface area is 112 Å². The van der Waals surface area contributed by atoms with Crippen LogP contribution < -0.4 is 5.32 Å². The molecule has 4 nitrogen and oxygen atoms in total. The van der Waals surface area contributed by atoms with Crippen LogP contribution in [-0.4, -0.2) is 49.7 Å². The van der Waals surface area contributed by atoms with Gasteiger partial charge in [-0.05, 0) is 60.7 Å². The van der Waals surface area contributed by atoms with Crippen LogP contribution in [0.5, 0.6) is 0 Å². The van der Waals surface area contributed by atoms with Gasteiger partial charge in [0, 0.05) is 12.1 Å². The zero-order chi connectivity index (χ0) is 14.0. The molecule has 1 atom stereocenters. The van der Waals surface area contributed by atoms with Crippen molar-refractivity contribution in [2.24, 2.45) is 0 Å². The van der Waals surface area contributed by atoms with Gasteiger partial charge in [0.05, 0.1) is 13.0 Å². The SMILES string of the molecule is CCOC(=O)CC(C)NCCCCN(C)C(C)C. The van der Waals surface area contributed by atoms with Crippen LogP contribution in [0, 0.1) is 0 Å². The lowest BCUT2D eigenvalue weighted by Gasteiger charge is -2.21. The topological polar surface area (TPSA) is 41.6 Å². The highest BCUT2D eigenvalue weighted by molar-refractivity contribution is 5.69. The van der Waals surface area contributed by atoms with E-state index in [1.165, 1.54) is 6.42 Å². The zero-order valence-electron chi connectivity index (χ0n) is 12.7. The average molecular weight is 258 g/mol. The van der Waals surface area contributed by atoms with Crippen LogP contribution in [0.4, 0.5) is 0 Å². The number of nitrogens with one attached hydrogen (secondary N) is 1. The van der Waals surface area contributed by atoms with Crippen molar-refractivity contribution < 1.29 is 9.53 Å². The molecule has 0 aromatic heterocycles. The first-order chi connectivity index (χ1) is 8.47. The number of hydrogen-bond donors (Lipinski definition) is 1. The van der Waals surface area contributed by atoms with E-state index in [-0.39, 0.29) is 12.0 Å². The van der Waals surface area contributed by atoms with Gasteiger partial charge >= 0.3 is 5.97 Å². The number of carbonyl (C=O) groups is 1. The van der Waals surface area contributed by atoms with Gasteiger partial charge in [-0.2, -0.15) is 0 Å². The van der Waals surface area contributed by atoms with E-state index in [9.17, 15) is 4.79 Å². The molecule has 1 N–H and O–H groups in total. The van der Waals surface area contributed by atoms with E-state index >= 15 is 0 Å². The molecule has 0 saturated carbocycles. The number of nitrogens with zero attached hydrogens (tertiary/aromatic N) is 1. The Bertz CT molecular complexity index is 220. The lowest BCUT2D eigenvalue weighted by Crippen LogP contribution is -2.31. The summed E-state index contributed by atoms with van der Waals surface area (Å²) in [5.41, 5.74) is 0. The second-order valence-corrected chi connectivity index (χ2v) is 5.15. The number of carbonyl (C=O) groups excluding carboxylic acids is 1. The number of rotatable bonds is 10. The molecule has 108 valence electrons. The van der Waals surface area contributed by atoms with E-state index in [1.54, 1.807) is 0 Å². The van der Waals surface area contributed by atoms with Crippen molar-refractivity contribution in [3.63, 3.8) is 0 Å². The third kappa shape index (κ3) is 9.42. The Kier molecular flexibility index (Phi) is 9.98. The van der Waals surface area contributed by atoms with Crippen LogP contribution in [0.25, 0.3) is 0 Å². The molecule has 0 bridgehead atoms. The first-order valence-electron chi connectivity index (χ1n) is 7.06. The van der Waals surface area contributed by atoms with Crippen LogP contribution in [0.3, 0.4) is 0 Å². The zero-order valence-corrected chi connectivity index (χ0v) is 12.7. The normalized spacial score (nSPS) is 13.1. The minimum absolute atomic E-state index is 0.114. The molecular weight excluding hydrogens is 228 g/mol. The largest absolute Gasteiger partial charge is 0.466 e. The van der Waals surface area contributed by atoms with Crippen molar-refractivity contribution in [1.29, 1.82) is 0 Å². The first-order valence-corrected chi connectivity index (χ1v) is 7.06. The predicted octanol–water partition coefficient (Wildman–Crippen LogP) is 2.04. The molecule has 0 aliphatic rings. The maximum absolute atomic E-state index is 11.2. The van der Waals surface area contributed by atoms with Crippen molar-refractivity contribution in [2.75, 3.05) is 26.7 Å². The molecule has 0 radical (unpaired) electrons. The summed E-state index contributed by atoms with van der Waals surface area (Å²) in [6, 6.07) is 0.813. The highest BCUT2D eigenvalue weighted by Gasteiger charge is 2.08. The van der Waals surface area contributed by atoms with Gasteiger partial charge in [0.25, 0.3) is 0 Å². The minimum Gasteiger partial charge on any atom is -0.466 e. The maximum Gasteiger partial charge on any atom is 0.307 e. The van der Waals surface area contributed by atoms with Crippen molar-refractivity contribution in [3.8, 4) is 0 Å². The fourth-order valence-electron chi connectivity index (χ4n) is 1.63. The highest BCUT2D eigenvalue weighted by atomic mass is 16.5. The van der Waals surface area contributed by atoms with Crippen LogP contribution in [0.15, 0.2) is 0 Å². The summed E-state index contributed by atoms with van der Waals surface area (Å²) in [7, 11) is 2.15. The van der Waals surface area contributed by atoms with Crippen LogP contribution in [0.1, 0.15) is 47.0 Å². The van der Waals surface area contributed by atoms with Crippen LogP contribution in [0.2, 0.25) is 0 Å². The van der Waals surface area contributed by atoms with Crippen LogP contribution in [-0.2, 0) is 9.53 Å². The van der Waals surface area contributed by atoms with E-state index in [0.29, 0.717) is 19.1 Å². The summed E-state index contributed by atoms with van der Waals surface area (Å²) < 4.78 is 4.91. The van der Waals surface area contributed by atoms with Crippen molar-refractivity contribution in [2.45, 2.75) is 59.0 Å². The van der Waals surface area contributed by atoms with Crippen molar-refractivity contribution in [3.05, 3.63) is 0 Å². The van der Waals surface area contributed by atoms with E-state index < -0.39 is 0 Å². The number of ether oxygens (including phenoxy) is 1.